The van der Waals surface area contributed by atoms with E-state index in [-0.39, 0.29) is 5.88 Å². The fourth-order valence-electron chi connectivity index (χ4n) is 0.707. The lowest BCUT2D eigenvalue weighted by molar-refractivity contribution is 0.193. The van der Waals surface area contributed by atoms with Crippen molar-refractivity contribution in [3.05, 3.63) is 24.1 Å². The number of primary amides is 1. The highest BCUT2D eigenvalue weighted by Crippen LogP contribution is 2.04. The maximum Gasteiger partial charge on any atom is 0.321 e. The summed E-state index contributed by atoms with van der Waals surface area (Å²) in [5.41, 5.74) is 4.91. The molecule has 0 aliphatic carbocycles. The Morgan fingerprint density at radius 2 is 2.50 bits per heavy atom. The second-order valence-electron chi connectivity index (χ2n) is 1.90. The predicted octanol–water partition coefficient (Wildman–Crippen LogP) is 0.336. The molecule has 0 aromatic heterocycles. The van der Waals surface area contributed by atoms with Gasteiger partial charge >= 0.3 is 6.03 Å². The molecule has 1 rings (SSSR count). The highest BCUT2D eigenvalue weighted by molar-refractivity contribution is 5.74. The number of hydrogen-bond donors (Lipinski definition) is 2. The van der Waals surface area contributed by atoms with Gasteiger partial charge in [-0.25, -0.2) is 4.79 Å². The summed E-state index contributed by atoms with van der Waals surface area (Å²) >= 11 is 0. The van der Waals surface area contributed by atoms with Gasteiger partial charge in [0.1, 0.15) is 0 Å². The molecule has 0 spiro atoms. The molecule has 0 unspecified atom stereocenters. The van der Waals surface area contributed by atoms with Crippen molar-refractivity contribution < 1.29 is 9.90 Å². The number of urea groups is 1. The minimum absolute atomic E-state index is 0.102. The van der Waals surface area contributed by atoms with Crippen molar-refractivity contribution in [2.75, 3.05) is 6.54 Å². The van der Waals surface area contributed by atoms with Crippen molar-refractivity contribution in [3.63, 3.8) is 0 Å². The van der Waals surface area contributed by atoms with Gasteiger partial charge in [-0.15, -0.1) is 0 Å². The van der Waals surface area contributed by atoms with Crippen molar-refractivity contribution in [2.45, 2.75) is 0 Å². The van der Waals surface area contributed by atoms with E-state index in [4.69, 9.17) is 10.8 Å². The Hall–Kier alpha value is -1.45. The molecule has 0 bridgehead atoms. The molecular weight excluding hydrogens is 132 g/mol. The Balaban J connectivity index is 2.73. The van der Waals surface area contributed by atoms with Gasteiger partial charge in [0.2, 0.25) is 0 Å². The van der Waals surface area contributed by atoms with E-state index in [1.807, 2.05) is 0 Å². The second kappa shape index (κ2) is 2.43. The van der Waals surface area contributed by atoms with Gasteiger partial charge in [-0.05, 0) is 6.08 Å². The zero-order chi connectivity index (χ0) is 7.56. The number of allylic oxidation sites excluding steroid dienone is 2. The van der Waals surface area contributed by atoms with E-state index >= 15 is 0 Å². The first-order valence-corrected chi connectivity index (χ1v) is 2.84. The van der Waals surface area contributed by atoms with Crippen LogP contribution in [-0.4, -0.2) is 22.6 Å². The van der Waals surface area contributed by atoms with Crippen molar-refractivity contribution in [2.24, 2.45) is 5.73 Å². The Morgan fingerprint density at radius 3 is 2.90 bits per heavy atom. The zero-order valence-corrected chi connectivity index (χ0v) is 5.32. The van der Waals surface area contributed by atoms with E-state index < -0.39 is 6.03 Å². The maximum atomic E-state index is 10.5. The number of rotatable bonds is 0. The lowest BCUT2D eigenvalue weighted by Gasteiger charge is -2.18. The third-order valence-corrected chi connectivity index (χ3v) is 1.21. The smallest absolute Gasteiger partial charge is 0.321 e. The number of carbonyl (C=O) groups excluding carboxylic acids is 1. The lowest BCUT2D eigenvalue weighted by atomic mass is 10.3. The summed E-state index contributed by atoms with van der Waals surface area (Å²) < 4.78 is 0. The molecule has 1 heterocycles. The zero-order valence-electron chi connectivity index (χ0n) is 5.32. The first kappa shape index (κ1) is 6.67. The molecule has 1 aliphatic heterocycles. The number of aliphatic hydroxyl groups is 1. The standard InChI is InChI=1S/C6H8N2O2/c7-6(10)8-4-2-1-3-5(8)9/h1-3,9H,4H2,(H2,7,10). The van der Waals surface area contributed by atoms with Crippen LogP contribution < -0.4 is 5.73 Å². The molecule has 0 fully saturated rings. The van der Waals surface area contributed by atoms with Crippen LogP contribution in [0.1, 0.15) is 0 Å². The Morgan fingerprint density at radius 1 is 1.80 bits per heavy atom. The number of nitrogens with two attached hydrogens (primary N) is 1. The number of aliphatic hydroxyl groups excluding tert-OH is 1. The van der Waals surface area contributed by atoms with Gasteiger partial charge in [-0.1, -0.05) is 12.2 Å². The van der Waals surface area contributed by atoms with Crippen LogP contribution in [0.25, 0.3) is 0 Å². The van der Waals surface area contributed by atoms with Crippen LogP contribution in [0.4, 0.5) is 4.79 Å². The van der Waals surface area contributed by atoms with Gasteiger partial charge in [0.05, 0.1) is 0 Å². The topological polar surface area (TPSA) is 66.6 Å². The van der Waals surface area contributed by atoms with E-state index in [0.717, 1.165) is 4.90 Å². The average molecular weight is 140 g/mol. The molecule has 0 radical (unpaired) electrons. The minimum Gasteiger partial charge on any atom is -0.494 e. The summed E-state index contributed by atoms with van der Waals surface area (Å²) in [5.74, 6) is -0.102. The van der Waals surface area contributed by atoms with Gasteiger partial charge in [0.25, 0.3) is 0 Å². The van der Waals surface area contributed by atoms with Crippen molar-refractivity contribution >= 4 is 6.03 Å². The van der Waals surface area contributed by atoms with Crippen molar-refractivity contribution in [3.8, 4) is 0 Å². The monoisotopic (exact) mass is 140 g/mol. The van der Waals surface area contributed by atoms with Crippen LogP contribution in [0.3, 0.4) is 0 Å². The number of hydrogen-bond acceptors (Lipinski definition) is 2. The average Bonchev–Trinajstić information content (AvgIpc) is 1.88. The summed E-state index contributed by atoms with van der Waals surface area (Å²) in [6, 6.07) is -0.641. The number of amides is 2. The fourth-order valence-corrected chi connectivity index (χ4v) is 0.707. The lowest BCUT2D eigenvalue weighted by Crippen LogP contribution is -2.36. The molecule has 54 valence electrons. The molecule has 2 amide bonds. The normalized spacial score (nSPS) is 16.8. The summed E-state index contributed by atoms with van der Waals surface area (Å²) in [6.45, 7) is 0.345. The third-order valence-electron chi connectivity index (χ3n) is 1.21. The van der Waals surface area contributed by atoms with E-state index in [0.29, 0.717) is 6.54 Å². The van der Waals surface area contributed by atoms with Gasteiger partial charge < -0.3 is 10.8 Å². The van der Waals surface area contributed by atoms with Crippen LogP contribution in [-0.2, 0) is 0 Å². The molecule has 0 atom stereocenters. The Kier molecular flexibility index (Phi) is 1.62. The molecule has 3 N–H and O–H groups in total. The Labute approximate surface area is 58.2 Å². The summed E-state index contributed by atoms with van der Waals surface area (Å²) in [5, 5.41) is 8.97. The van der Waals surface area contributed by atoms with Crippen molar-refractivity contribution in [1.29, 1.82) is 0 Å². The van der Waals surface area contributed by atoms with E-state index in [2.05, 4.69) is 0 Å². The number of nitrogens with zero attached hydrogens (tertiary/aromatic N) is 1. The van der Waals surface area contributed by atoms with E-state index in [1.54, 1.807) is 12.2 Å². The highest BCUT2D eigenvalue weighted by atomic mass is 16.3. The van der Waals surface area contributed by atoms with Crippen LogP contribution in [0.5, 0.6) is 0 Å². The molecule has 0 saturated heterocycles. The molecule has 0 aromatic rings. The summed E-state index contributed by atoms with van der Waals surface area (Å²) in [7, 11) is 0. The van der Waals surface area contributed by atoms with Crippen LogP contribution in [0.2, 0.25) is 0 Å². The van der Waals surface area contributed by atoms with Crippen molar-refractivity contribution in [1.82, 2.24) is 4.90 Å². The van der Waals surface area contributed by atoms with Gasteiger partial charge in [0.15, 0.2) is 5.88 Å². The molecular formula is C6H8N2O2. The van der Waals surface area contributed by atoms with Crippen LogP contribution >= 0.6 is 0 Å². The quantitative estimate of drug-likeness (QED) is 0.509. The predicted molar refractivity (Wildman–Crippen MR) is 36.1 cm³/mol. The largest absolute Gasteiger partial charge is 0.494 e. The highest BCUT2D eigenvalue weighted by Gasteiger charge is 2.13. The van der Waals surface area contributed by atoms with E-state index in [9.17, 15) is 4.79 Å². The van der Waals surface area contributed by atoms with E-state index in [1.165, 1.54) is 6.08 Å². The summed E-state index contributed by atoms with van der Waals surface area (Å²) in [4.78, 5) is 11.5. The maximum absolute atomic E-state index is 10.5. The molecule has 10 heavy (non-hydrogen) atoms. The molecule has 0 saturated carbocycles. The van der Waals surface area contributed by atoms with Crippen LogP contribution in [0, 0.1) is 0 Å². The van der Waals surface area contributed by atoms with Gasteiger partial charge in [0, 0.05) is 6.54 Å². The third kappa shape index (κ3) is 1.10. The molecule has 1 aliphatic rings. The SMILES string of the molecule is NC(=O)N1CC=CC=C1O. The molecule has 0 aromatic carbocycles. The Bertz CT molecular complexity index is 208. The first-order chi connectivity index (χ1) is 4.72. The molecule has 4 nitrogen and oxygen atoms in total. The van der Waals surface area contributed by atoms with Gasteiger partial charge in [-0.2, -0.15) is 0 Å². The minimum atomic E-state index is -0.641. The van der Waals surface area contributed by atoms with Crippen LogP contribution in [0.15, 0.2) is 24.1 Å². The first-order valence-electron chi connectivity index (χ1n) is 2.84. The fraction of sp³-hybridized carbons (Fsp3) is 0.167. The van der Waals surface area contributed by atoms with Gasteiger partial charge in [-0.3, -0.25) is 4.90 Å². The number of carbonyl (C=O) groups is 1. The summed E-state index contributed by atoms with van der Waals surface area (Å²) in [6.07, 6.45) is 4.80. The molecule has 4 heteroatoms. The second-order valence-corrected chi connectivity index (χ2v) is 1.90.